The van der Waals surface area contributed by atoms with Gasteiger partial charge in [0, 0.05) is 39.3 Å². The van der Waals surface area contributed by atoms with E-state index in [9.17, 15) is 4.79 Å². The molecule has 1 aromatic carbocycles. The van der Waals surface area contributed by atoms with Crippen molar-refractivity contribution in [1.82, 2.24) is 9.80 Å². The number of carbonyl (C=O) groups excluding carboxylic acids is 1. The Balaban J connectivity index is 2.18. The van der Waals surface area contributed by atoms with Crippen LogP contribution in [0, 0.1) is 0 Å². The molecule has 2 N–H and O–H groups in total. The first-order valence-corrected chi connectivity index (χ1v) is 7.42. The molecule has 1 heterocycles. The zero-order valence-electron chi connectivity index (χ0n) is 13.5. The number of hydrogen-bond donors (Lipinski definition) is 1. The molecule has 0 aromatic heterocycles. The number of benzene rings is 1. The Labute approximate surface area is 127 Å². The largest absolute Gasteiger partial charge is 0.397 e. The van der Waals surface area contributed by atoms with Crippen LogP contribution >= 0.6 is 0 Å². The summed E-state index contributed by atoms with van der Waals surface area (Å²) in [4.78, 5) is 18.1. The van der Waals surface area contributed by atoms with Gasteiger partial charge in [-0.25, -0.2) is 0 Å². The van der Waals surface area contributed by atoms with E-state index < -0.39 is 0 Å². The lowest BCUT2D eigenvalue weighted by Gasteiger charge is -2.37. The lowest BCUT2D eigenvalue weighted by molar-refractivity contribution is 0.0827. The number of amides is 1. The smallest absolute Gasteiger partial charge is 0.253 e. The van der Waals surface area contributed by atoms with Gasteiger partial charge in [-0.05, 0) is 44.6 Å². The van der Waals surface area contributed by atoms with Gasteiger partial charge in [0.2, 0.25) is 0 Å². The summed E-state index contributed by atoms with van der Waals surface area (Å²) in [6.45, 7) is 2.21. The summed E-state index contributed by atoms with van der Waals surface area (Å²) < 4.78 is 0. The van der Waals surface area contributed by atoms with Crippen LogP contribution in [0.1, 0.15) is 23.2 Å². The van der Waals surface area contributed by atoms with E-state index in [1.165, 1.54) is 12.8 Å². The highest BCUT2D eigenvalue weighted by Gasteiger charge is 2.23. The van der Waals surface area contributed by atoms with Crippen molar-refractivity contribution in [1.29, 1.82) is 0 Å². The molecule has 1 unspecified atom stereocenters. The van der Waals surface area contributed by atoms with Crippen LogP contribution in [0.5, 0.6) is 0 Å². The van der Waals surface area contributed by atoms with Crippen molar-refractivity contribution in [3.63, 3.8) is 0 Å². The molecule has 5 nitrogen and oxygen atoms in total. The molecule has 1 saturated heterocycles. The van der Waals surface area contributed by atoms with Crippen LogP contribution in [0.4, 0.5) is 11.4 Å². The highest BCUT2D eigenvalue weighted by molar-refractivity contribution is 5.95. The molecule has 5 heteroatoms. The average molecular weight is 290 g/mol. The standard InChI is InChI=1S/C16H26N4O/c1-18(2)16(21)12-7-8-15(14(17)10-12)20(4)13-6-5-9-19(3)11-13/h7-8,10,13H,5-6,9,11,17H2,1-4H3. The minimum absolute atomic E-state index is 0.0201. The predicted molar refractivity (Wildman–Crippen MR) is 87.8 cm³/mol. The Morgan fingerprint density at radius 3 is 2.62 bits per heavy atom. The van der Waals surface area contributed by atoms with E-state index in [1.54, 1.807) is 25.1 Å². The summed E-state index contributed by atoms with van der Waals surface area (Å²) in [6.07, 6.45) is 2.39. The van der Waals surface area contributed by atoms with Crippen LogP contribution in [-0.4, -0.2) is 63.0 Å². The van der Waals surface area contributed by atoms with E-state index >= 15 is 0 Å². The van der Waals surface area contributed by atoms with E-state index in [4.69, 9.17) is 5.73 Å². The summed E-state index contributed by atoms with van der Waals surface area (Å²) in [5, 5.41) is 0. The van der Waals surface area contributed by atoms with Crippen molar-refractivity contribution >= 4 is 17.3 Å². The SMILES string of the molecule is CN1CCCC(N(C)c2ccc(C(=O)N(C)C)cc2N)C1. The first-order chi connectivity index (χ1) is 9.90. The molecule has 1 aliphatic rings. The Hall–Kier alpha value is -1.75. The molecular formula is C16H26N4O. The third-order valence-electron chi connectivity index (χ3n) is 4.21. The number of hydrogen-bond acceptors (Lipinski definition) is 4. The quantitative estimate of drug-likeness (QED) is 0.857. The van der Waals surface area contributed by atoms with E-state index in [1.807, 2.05) is 12.1 Å². The van der Waals surface area contributed by atoms with Gasteiger partial charge in [-0.3, -0.25) is 4.79 Å². The summed E-state index contributed by atoms with van der Waals surface area (Å²) in [5.74, 6) is -0.0201. The first-order valence-electron chi connectivity index (χ1n) is 7.42. The van der Waals surface area contributed by atoms with Gasteiger partial charge in [-0.1, -0.05) is 0 Å². The third kappa shape index (κ3) is 3.47. The normalized spacial score (nSPS) is 19.3. The van der Waals surface area contributed by atoms with Crippen LogP contribution < -0.4 is 10.6 Å². The van der Waals surface area contributed by atoms with Gasteiger partial charge in [0.05, 0.1) is 11.4 Å². The highest BCUT2D eigenvalue weighted by Crippen LogP contribution is 2.27. The molecule has 21 heavy (non-hydrogen) atoms. The van der Waals surface area contributed by atoms with Gasteiger partial charge in [-0.2, -0.15) is 0 Å². The van der Waals surface area contributed by atoms with Crippen molar-refractivity contribution in [3.8, 4) is 0 Å². The average Bonchev–Trinajstić information content (AvgIpc) is 2.45. The van der Waals surface area contributed by atoms with E-state index in [0.717, 1.165) is 18.8 Å². The van der Waals surface area contributed by atoms with Gasteiger partial charge < -0.3 is 20.4 Å². The molecule has 0 bridgehead atoms. The predicted octanol–water partition coefficient (Wildman–Crippen LogP) is 1.50. The summed E-state index contributed by atoms with van der Waals surface area (Å²) in [5.41, 5.74) is 8.48. The number of carbonyl (C=O) groups is 1. The van der Waals surface area contributed by atoms with E-state index in [-0.39, 0.29) is 5.91 Å². The van der Waals surface area contributed by atoms with Gasteiger partial charge in [-0.15, -0.1) is 0 Å². The lowest BCUT2D eigenvalue weighted by atomic mass is 10.0. The van der Waals surface area contributed by atoms with Crippen LogP contribution in [0.2, 0.25) is 0 Å². The number of likely N-dealkylation sites (tertiary alicyclic amines) is 1. The number of nitrogens with two attached hydrogens (primary N) is 1. The Morgan fingerprint density at radius 2 is 2.05 bits per heavy atom. The molecule has 1 aliphatic heterocycles. The van der Waals surface area contributed by atoms with Crippen LogP contribution in [0.3, 0.4) is 0 Å². The molecule has 1 aromatic rings. The van der Waals surface area contributed by atoms with Gasteiger partial charge in [0.25, 0.3) is 5.91 Å². The Kier molecular flexibility index (Phi) is 4.73. The Bertz CT molecular complexity index is 515. The number of likely N-dealkylation sites (N-methyl/N-ethyl adjacent to an activating group) is 2. The summed E-state index contributed by atoms with van der Waals surface area (Å²) in [7, 11) is 7.73. The monoisotopic (exact) mass is 290 g/mol. The number of anilines is 2. The second-order valence-corrected chi connectivity index (χ2v) is 6.14. The second kappa shape index (κ2) is 6.35. The molecule has 0 radical (unpaired) electrons. The number of nitrogens with zero attached hydrogens (tertiary/aromatic N) is 3. The van der Waals surface area contributed by atoms with Crippen LogP contribution in [0.25, 0.3) is 0 Å². The Morgan fingerprint density at radius 1 is 1.33 bits per heavy atom. The first kappa shape index (κ1) is 15.6. The lowest BCUT2D eigenvalue weighted by Crippen LogP contribution is -2.45. The minimum atomic E-state index is -0.0201. The minimum Gasteiger partial charge on any atom is -0.397 e. The maximum absolute atomic E-state index is 12.0. The topological polar surface area (TPSA) is 52.8 Å². The second-order valence-electron chi connectivity index (χ2n) is 6.14. The molecule has 0 aliphatic carbocycles. The molecule has 1 atom stereocenters. The van der Waals surface area contributed by atoms with Gasteiger partial charge in [0.1, 0.15) is 0 Å². The van der Waals surface area contributed by atoms with E-state index in [2.05, 4.69) is 23.9 Å². The molecular weight excluding hydrogens is 264 g/mol. The van der Waals surface area contributed by atoms with Gasteiger partial charge >= 0.3 is 0 Å². The molecule has 0 spiro atoms. The fraction of sp³-hybridized carbons (Fsp3) is 0.562. The number of nitrogen functional groups attached to an aromatic ring is 1. The van der Waals surface area contributed by atoms with Crippen molar-refractivity contribution in [2.24, 2.45) is 0 Å². The fourth-order valence-corrected chi connectivity index (χ4v) is 2.92. The maximum atomic E-state index is 12.0. The zero-order valence-corrected chi connectivity index (χ0v) is 13.5. The molecule has 116 valence electrons. The maximum Gasteiger partial charge on any atom is 0.253 e. The van der Waals surface area contributed by atoms with Crippen molar-refractivity contribution < 1.29 is 4.79 Å². The zero-order chi connectivity index (χ0) is 15.6. The molecule has 2 rings (SSSR count). The molecule has 1 fully saturated rings. The third-order valence-corrected chi connectivity index (χ3v) is 4.21. The highest BCUT2D eigenvalue weighted by atomic mass is 16.2. The molecule has 0 saturated carbocycles. The molecule has 1 amide bonds. The fourth-order valence-electron chi connectivity index (χ4n) is 2.92. The van der Waals surface area contributed by atoms with Crippen molar-refractivity contribution in [2.45, 2.75) is 18.9 Å². The van der Waals surface area contributed by atoms with Gasteiger partial charge in [0.15, 0.2) is 0 Å². The number of piperidine rings is 1. The summed E-state index contributed by atoms with van der Waals surface area (Å²) in [6, 6.07) is 6.07. The summed E-state index contributed by atoms with van der Waals surface area (Å²) >= 11 is 0. The van der Waals surface area contributed by atoms with Crippen molar-refractivity contribution in [2.75, 3.05) is 51.9 Å². The van der Waals surface area contributed by atoms with Crippen LogP contribution in [0.15, 0.2) is 18.2 Å². The van der Waals surface area contributed by atoms with Crippen molar-refractivity contribution in [3.05, 3.63) is 23.8 Å². The van der Waals surface area contributed by atoms with Crippen LogP contribution in [-0.2, 0) is 0 Å². The van der Waals surface area contributed by atoms with E-state index in [0.29, 0.717) is 17.3 Å². The number of rotatable bonds is 3.